The second-order valence-corrected chi connectivity index (χ2v) is 4.60. The van der Waals surface area contributed by atoms with Gasteiger partial charge in [0, 0.05) is 18.8 Å². The molecule has 1 aromatic heterocycles. The van der Waals surface area contributed by atoms with Crippen LogP contribution in [0.4, 0.5) is 0 Å². The molecule has 0 bridgehead atoms. The second-order valence-electron chi connectivity index (χ2n) is 3.13. The van der Waals surface area contributed by atoms with Crippen LogP contribution in [0.5, 0.6) is 0 Å². The molecule has 0 spiro atoms. The Hall–Kier alpha value is -1.02. The van der Waals surface area contributed by atoms with Crippen LogP contribution in [0.3, 0.4) is 0 Å². The van der Waals surface area contributed by atoms with Crippen LogP contribution < -0.4 is 5.19 Å². The molecule has 0 radical (unpaired) electrons. The fourth-order valence-electron chi connectivity index (χ4n) is 1.67. The summed E-state index contributed by atoms with van der Waals surface area (Å²) in [6.07, 6.45) is 2.14. The van der Waals surface area contributed by atoms with Crippen molar-refractivity contribution in [2.75, 3.05) is 0 Å². The molecule has 0 aliphatic carbocycles. The molecule has 0 amide bonds. The Morgan fingerprint density at radius 3 is 2.83 bits per heavy atom. The van der Waals surface area contributed by atoms with E-state index < -0.39 is 0 Å². The van der Waals surface area contributed by atoms with Crippen molar-refractivity contribution < 1.29 is 0 Å². The first-order chi connectivity index (χ1) is 5.83. The lowest BCUT2D eigenvalue weighted by atomic mass is 10.2. The maximum atomic E-state index is 2.34. The van der Waals surface area contributed by atoms with Crippen LogP contribution in [0.2, 0.25) is 6.55 Å². The summed E-state index contributed by atoms with van der Waals surface area (Å²) in [7, 11) is 2.07. The molecule has 0 atom stereocenters. The van der Waals surface area contributed by atoms with Crippen LogP contribution in [-0.2, 0) is 7.05 Å². The van der Waals surface area contributed by atoms with Gasteiger partial charge in [0.1, 0.15) is 0 Å². The van der Waals surface area contributed by atoms with Crippen molar-refractivity contribution in [2.45, 2.75) is 6.55 Å². The van der Waals surface area contributed by atoms with Gasteiger partial charge in [-0.05, 0) is 17.5 Å². The highest BCUT2D eigenvalue weighted by Crippen LogP contribution is 2.11. The van der Waals surface area contributed by atoms with Crippen molar-refractivity contribution >= 4 is 25.6 Å². The van der Waals surface area contributed by atoms with Crippen molar-refractivity contribution in [3.8, 4) is 0 Å². The maximum Gasteiger partial charge on any atom is 0.0525 e. The van der Waals surface area contributed by atoms with E-state index in [-0.39, 0.29) is 9.52 Å². The van der Waals surface area contributed by atoms with Gasteiger partial charge in [0.2, 0.25) is 0 Å². The molecule has 0 saturated heterocycles. The van der Waals surface area contributed by atoms with E-state index >= 15 is 0 Å². The van der Waals surface area contributed by atoms with Crippen molar-refractivity contribution in [3.05, 3.63) is 30.5 Å². The average molecular weight is 175 g/mol. The Morgan fingerprint density at radius 1 is 1.25 bits per heavy atom. The van der Waals surface area contributed by atoms with Gasteiger partial charge in [0.25, 0.3) is 0 Å². The Labute approximate surface area is 74.8 Å². The molecule has 1 heterocycles. The molecule has 1 aromatic carbocycles. The molecule has 0 fully saturated rings. The Bertz CT molecular complexity index is 403. The summed E-state index contributed by atoms with van der Waals surface area (Å²) in [5.41, 5.74) is 1.36. The summed E-state index contributed by atoms with van der Waals surface area (Å²) in [6, 6.07) is 8.83. The Morgan fingerprint density at radius 2 is 2.08 bits per heavy atom. The number of nitrogens with zero attached hydrogens (tertiary/aromatic N) is 1. The van der Waals surface area contributed by atoms with Gasteiger partial charge >= 0.3 is 0 Å². The van der Waals surface area contributed by atoms with Gasteiger partial charge in [0.05, 0.1) is 9.52 Å². The molecule has 0 aliphatic heterocycles. The minimum Gasteiger partial charge on any atom is -0.351 e. The first-order valence-corrected chi connectivity index (χ1v) is 6.48. The summed E-state index contributed by atoms with van der Waals surface area (Å²) >= 11 is 0. The molecule has 62 valence electrons. The number of rotatable bonds is 1. The molecule has 2 heteroatoms. The van der Waals surface area contributed by atoms with E-state index in [1.165, 1.54) is 10.9 Å². The van der Waals surface area contributed by atoms with E-state index in [1.807, 2.05) is 0 Å². The fourth-order valence-corrected chi connectivity index (χ4v) is 2.73. The number of aryl methyl sites for hydroxylation is 1. The van der Waals surface area contributed by atoms with Crippen molar-refractivity contribution in [3.63, 3.8) is 0 Å². The molecule has 2 aromatic rings. The third-order valence-electron chi connectivity index (χ3n) is 2.40. The number of hydrogen-bond acceptors (Lipinski definition) is 0. The van der Waals surface area contributed by atoms with E-state index in [0.717, 1.165) is 0 Å². The minimum absolute atomic E-state index is 0.0306. The molecular weight excluding hydrogens is 162 g/mol. The number of hydrogen-bond donors (Lipinski definition) is 0. The zero-order valence-corrected chi connectivity index (χ0v) is 8.96. The topological polar surface area (TPSA) is 4.93 Å². The maximum absolute atomic E-state index is 2.34. The predicted molar refractivity (Wildman–Crippen MR) is 57.0 cm³/mol. The van der Waals surface area contributed by atoms with Gasteiger partial charge in [-0.1, -0.05) is 23.9 Å². The zero-order chi connectivity index (χ0) is 8.55. The number of fused-ring (bicyclic) bond motifs is 1. The van der Waals surface area contributed by atoms with Crippen LogP contribution in [0, 0.1) is 0 Å². The summed E-state index contributed by atoms with van der Waals surface area (Å²) in [4.78, 5) is 0. The molecule has 12 heavy (non-hydrogen) atoms. The third kappa shape index (κ3) is 0.994. The van der Waals surface area contributed by atoms with Crippen LogP contribution in [0.1, 0.15) is 0 Å². The lowest BCUT2D eigenvalue weighted by molar-refractivity contribution is 0.969. The van der Waals surface area contributed by atoms with E-state index in [9.17, 15) is 0 Å². The molecule has 0 aliphatic rings. The lowest BCUT2D eigenvalue weighted by Crippen LogP contribution is -2.10. The Balaban J connectivity index is 2.81. The van der Waals surface area contributed by atoms with Gasteiger partial charge in [-0.15, -0.1) is 0 Å². The molecule has 0 N–H and O–H groups in total. The fraction of sp³-hybridized carbons (Fsp3) is 0.200. The van der Waals surface area contributed by atoms with Crippen LogP contribution in [0.15, 0.2) is 30.5 Å². The SMILES string of the molecule is C[SiH2]c1cccc2c1ccn2C. The molecule has 1 nitrogen and oxygen atoms in total. The number of aromatic nitrogens is 1. The van der Waals surface area contributed by atoms with E-state index in [0.29, 0.717) is 0 Å². The van der Waals surface area contributed by atoms with E-state index in [1.54, 1.807) is 5.19 Å². The van der Waals surface area contributed by atoms with Gasteiger partial charge in [0.15, 0.2) is 0 Å². The standard InChI is InChI=1S/C10H13NSi/c1-11-7-6-8-9(11)4-3-5-10(8)12-2/h3-7H,12H2,1-2H3. The number of benzene rings is 1. The van der Waals surface area contributed by atoms with Crippen LogP contribution >= 0.6 is 0 Å². The van der Waals surface area contributed by atoms with E-state index in [2.05, 4.69) is 48.6 Å². The molecule has 0 saturated carbocycles. The van der Waals surface area contributed by atoms with E-state index in [4.69, 9.17) is 0 Å². The first-order valence-electron chi connectivity index (χ1n) is 4.36. The highest BCUT2D eigenvalue weighted by atomic mass is 28.2. The third-order valence-corrected chi connectivity index (χ3v) is 3.78. The average Bonchev–Trinajstić information content (AvgIpc) is 2.48. The minimum atomic E-state index is -0.0306. The van der Waals surface area contributed by atoms with Gasteiger partial charge in [-0.3, -0.25) is 0 Å². The summed E-state index contributed by atoms with van der Waals surface area (Å²) < 4.78 is 2.18. The van der Waals surface area contributed by atoms with Crippen LogP contribution in [-0.4, -0.2) is 14.1 Å². The van der Waals surface area contributed by atoms with Crippen molar-refractivity contribution in [2.24, 2.45) is 7.05 Å². The quantitative estimate of drug-likeness (QED) is 0.570. The molecular formula is C10H13NSi. The summed E-state index contributed by atoms with van der Waals surface area (Å²) in [6.45, 7) is 2.34. The monoisotopic (exact) mass is 175 g/mol. The van der Waals surface area contributed by atoms with Gasteiger partial charge < -0.3 is 4.57 Å². The van der Waals surface area contributed by atoms with Gasteiger partial charge in [-0.2, -0.15) is 0 Å². The van der Waals surface area contributed by atoms with Crippen molar-refractivity contribution in [1.82, 2.24) is 4.57 Å². The van der Waals surface area contributed by atoms with Crippen molar-refractivity contribution in [1.29, 1.82) is 0 Å². The van der Waals surface area contributed by atoms with Crippen LogP contribution in [0.25, 0.3) is 10.9 Å². The Kier molecular flexibility index (Phi) is 1.77. The first kappa shape index (κ1) is 7.62. The normalized spacial score (nSPS) is 11.8. The summed E-state index contributed by atoms with van der Waals surface area (Å²) in [5, 5.41) is 3.03. The lowest BCUT2D eigenvalue weighted by Gasteiger charge is -1.99. The molecule has 2 rings (SSSR count). The predicted octanol–water partition coefficient (Wildman–Crippen LogP) is 1.02. The second kappa shape index (κ2) is 2.79. The highest BCUT2D eigenvalue weighted by Gasteiger charge is 2.00. The molecule has 0 unspecified atom stereocenters. The summed E-state index contributed by atoms with van der Waals surface area (Å²) in [5.74, 6) is 0. The largest absolute Gasteiger partial charge is 0.351 e. The highest BCUT2D eigenvalue weighted by molar-refractivity contribution is 6.55. The zero-order valence-electron chi connectivity index (χ0n) is 7.54. The van der Waals surface area contributed by atoms with Gasteiger partial charge in [-0.25, -0.2) is 0 Å². The smallest absolute Gasteiger partial charge is 0.0525 e.